The number of rotatable bonds is 3. The summed E-state index contributed by atoms with van der Waals surface area (Å²) in [5.41, 5.74) is 6.29. The number of aryl methyl sites for hydroxylation is 1. The van der Waals surface area contributed by atoms with Crippen molar-refractivity contribution in [1.29, 1.82) is 5.26 Å². The monoisotopic (exact) mass is 220 g/mol. The molecule has 0 aromatic heterocycles. The van der Waals surface area contributed by atoms with Gasteiger partial charge in [0.25, 0.3) is 0 Å². The lowest BCUT2D eigenvalue weighted by Gasteiger charge is -2.15. The molecule has 0 fully saturated rings. The summed E-state index contributed by atoms with van der Waals surface area (Å²) in [5, 5.41) is 27.7. The zero-order chi connectivity index (χ0) is 12.3. The lowest BCUT2D eigenvalue weighted by atomic mass is 9.99. The van der Waals surface area contributed by atoms with Gasteiger partial charge in [0.15, 0.2) is 6.10 Å². The molecule has 0 saturated carbocycles. The molecule has 84 valence electrons. The average Bonchev–Trinajstić information content (AvgIpc) is 2.27. The third kappa shape index (κ3) is 2.37. The van der Waals surface area contributed by atoms with E-state index in [1.807, 2.05) is 6.07 Å². The van der Waals surface area contributed by atoms with E-state index in [0.717, 1.165) is 5.56 Å². The first-order valence-electron chi connectivity index (χ1n) is 4.63. The fourth-order valence-electron chi connectivity index (χ4n) is 1.28. The second-order valence-electron chi connectivity index (χ2n) is 3.48. The van der Waals surface area contributed by atoms with Crippen LogP contribution in [0.2, 0.25) is 0 Å². The molecular formula is C11H12N2O3. The number of nitrogens with zero attached hydrogens (tertiary/aromatic N) is 1. The lowest BCUT2D eigenvalue weighted by Crippen LogP contribution is -2.33. The minimum absolute atomic E-state index is 0.286. The predicted octanol–water partition coefficient (Wildman–Crippen LogP) is -0.254. The first kappa shape index (κ1) is 12.2. The number of nitriles is 1. The highest BCUT2D eigenvalue weighted by Gasteiger charge is 2.23. The van der Waals surface area contributed by atoms with Crippen molar-refractivity contribution < 1.29 is 15.0 Å². The molecule has 2 atom stereocenters. The minimum atomic E-state index is -1.67. The van der Waals surface area contributed by atoms with Gasteiger partial charge in [-0.05, 0) is 24.1 Å². The number of benzene rings is 1. The molecule has 1 aromatic carbocycles. The number of nitrogens with two attached hydrogens (primary N) is 1. The van der Waals surface area contributed by atoms with Crippen LogP contribution in [-0.4, -0.2) is 22.2 Å². The van der Waals surface area contributed by atoms with Crippen molar-refractivity contribution in [3.8, 4) is 6.07 Å². The molecule has 1 aromatic rings. The maximum absolute atomic E-state index is 10.7. The highest BCUT2D eigenvalue weighted by molar-refractivity contribution is 5.79. The zero-order valence-electron chi connectivity index (χ0n) is 8.71. The number of aliphatic hydroxyl groups is 2. The van der Waals surface area contributed by atoms with Crippen molar-refractivity contribution in [3.05, 3.63) is 34.9 Å². The number of amides is 1. The van der Waals surface area contributed by atoms with Gasteiger partial charge in [-0.25, -0.2) is 0 Å². The summed E-state index contributed by atoms with van der Waals surface area (Å²) in [6, 6.07) is 6.54. The topological polar surface area (TPSA) is 107 Å². The summed E-state index contributed by atoms with van der Waals surface area (Å²) in [5.74, 6) is -1.01. The van der Waals surface area contributed by atoms with Gasteiger partial charge in [-0.2, -0.15) is 5.26 Å². The summed E-state index contributed by atoms with van der Waals surface area (Å²) in [6.45, 7) is 1.75. The Hall–Kier alpha value is -1.90. The molecule has 2 unspecified atom stereocenters. The molecular weight excluding hydrogens is 208 g/mol. The number of carbonyl (C=O) groups is 1. The van der Waals surface area contributed by atoms with Crippen molar-refractivity contribution >= 4 is 5.91 Å². The highest BCUT2D eigenvalue weighted by Crippen LogP contribution is 2.19. The van der Waals surface area contributed by atoms with E-state index in [1.165, 1.54) is 12.1 Å². The molecule has 4 N–H and O–H groups in total. The van der Waals surface area contributed by atoms with E-state index in [9.17, 15) is 15.0 Å². The number of aliphatic hydroxyl groups excluding tert-OH is 2. The van der Waals surface area contributed by atoms with Gasteiger partial charge >= 0.3 is 0 Å². The van der Waals surface area contributed by atoms with Crippen LogP contribution in [0, 0.1) is 18.3 Å². The molecule has 5 nitrogen and oxygen atoms in total. The largest absolute Gasteiger partial charge is 0.385 e. The van der Waals surface area contributed by atoms with E-state index in [2.05, 4.69) is 0 Å². The third-order valence-electron chi connectivity index (χ3n) is 2.31. The summed E-state index contributed by atoms with van der Waals surface area (Å²) in [7, 11) is 0. The highest BCUT2D eigenvalue weighted by atomic mass is 16.3. The minimum Gasteiger partial charge on any atom is -0.385 e. The van der Waals surface area contributed by atoms with Gasteiger partial charge in [0.05, 0.1) is 11.6 Å². The summed E-state index contributed by atoms with van der Waals surface area (Å²) < 4.78 is 0. The smallest absolute Gasteiger partial charge is 0.249 e. The molecule has 0 spiro atoms. The number of hydrogen-bond acceptors (Lipinski definition) is 4. The van der Waals surface area contributed by atoms with Crippen molar-refractivity contribution in [2.75, 3.05) is 0 Å². The van der Waals surface area contributed by atoms with E-state index in [4.69, 9.17) is 11.0 Å². The number of hydrogen-bond donors (Lipinski definition) is 3. The first-order valence-corrected chi connectivity index (χ1v) is 4.63. The summed E-state index contributed by atoms with van der Waals surface area (Å²) in [4.78, 5) is 10.7. The van der Waals surface area contributed by atoms with E-state index in [-0.39, 0.29) is 5.56 Å². The van der Waals surface area contributed by atoms with Crippen LogP contribution >= 0.6 is 0 Å². The van der Waals surface area contributed by atoms with Crippen LogP contribution in [0.1, 0.15) is 22.8 Å². The van der Waals surface area contributed by atoms with Crippen LogP contribution in [0.25, 0.3) is 0 Å². The second-order valence-corrected chi connectivity index (χ2v) is 3.48. The number of carbonyl (C=O) groups excluding carboxylic acids is 1. The van der Waals surface area contributed by atoms with Crippen molar-refractivity contribution in [1.82, 2.24) is 0 Å². The van der Waals surface area contributed by atoms with Gasteiger partial charge in [-0.15, -0.1) is 0 Å². The Morgan fingerprint density at radius 3 is 2.62 bits per heavy atom. The van der Waals surface area contributed by atoms with Crippen LogP contribution in [0.5, 0.6) is 0 Å². The lowest BCUT2D eigenvalue weighted by molar-refractivity contribution is -0.131. The average molecular weight is 220 g/mol. The molecule has 0 radical (unpaired) electrons. The van der Waals surface area contributed by atoms with Crippen molar-refractivity contribution in [2.45, 2.75) is 19.1 Å². The van der Waals surface area contributed by atoms with Gasteiger partial charge in [0.2, 0.25) is 5.91 Å². The second kappa shape index (κ2) is 4.75. The Kier molecular flexibility index (Phi) is 3.61. The summed E-state index contributed by atoms with van der Waals surface area (Å²) in [6.07, 6.45) is -3.08. The van der Waals surface area contributed by atoms with E-state index in [0.29, 0.717) is 5.56 Å². The van der Waals surface area contributed by atoms with Crippen LogP contribution in [0.15, 0.2) is 18.2 Å². The quantitative estimate of drug-likeness (QED) is 0.652. The van der Waals surface area contributed by atoms with Gasteiger partial charge in [0.1, 0.15) is 6.10 Å². The number of primary amides is 1. The Morgan fingerprint density at radius 2 is 2.12 bits per heavy atom. The Morgan fingerprint density at radius 1 is 1.50 bits per heavy atom. The maximum Gasteiger partial charge on any atom is 0.249 e. The zero-order valence-corrected chi connectivity index (χ0v) is 8.71. The van der Waals surface area contributed by atoms with E-state index >= 15 is 0 Å². The van der Waals surface area contributed by atoms with Gasteiger partial charge in [0, 0.05) is 0 Å². The summed E-state index contributed by atoms with van der Waals surface area (Å²) >= 11 is 0. The first-order chi connectivity index (χ1) is 7.47. The Balaban J connectivity index is 3.06. The van der Waals surface area contributed by atoms with E-state index in [1.54, 1.807) is 13.0 Å². The predicted molar refractivity (Wildman–Crippen MR) is 56.1 cm³/mol. The fourth-order valence-corrected chi connectivity index (χ4v) is 1.28. The van der Waals surface area contributed by atoms with Gasteiger partial charge in [-0.1, -0.05) is 12.1 Å². The molecule has 1 amide bonds. The third-order valence-corrected chi connectivity index (χ3v) is 2.31. The van der Waals surface area contributed by atoms with Crippen LogP contribution < -0.4 is 5.73 Å². The van der Waals surface area contributed by atoms with Crippen LogP contribution in [0.4, 0.5) is 0 Å². The molecule has 0 bridgehead atoms. The molecule has 0 saturated heterocycles. The van der Waals surface area contributed by atoms with Crippen molar-refractivity contribution in [3.63, 3.8) is 0 Å². The molecule has 0 heterocycles. The standard InChI is InChI=1S/C11H12N2O3/c1-6-2-3-7(4-8(6)5-12)9(14)10(15)11(13)16/h2-4,9-10,14-15H,1H3,(H2,13,16). The molecule has 5 heteroatoms. The Labute approximate surface area is 92.7 Å². The maximum atomic E-state index is 10.7. The molecule has 0 aliphatic heterocycles. The normalized spacial score (nSPS) is 13.9. The molecule has 1 rings (SSSR count). The molecule has 0 aliphatic rings. The van der Waals surface area contributed by atoms with Crippen LogP contribution in [0.3, 0.4) is 0 Å². The van der Waals surface area contributed by atoms with Gasteiger partial charge in [-0.3, -0.25) is 4.79 Å². The SMILES string of the molecule is Cc1ccc(C(O)C(O)C(N)=O)cc1C#N. The van der Waals surface area contributed by atoms with E-state index < -0.39 is 18.1 Å². The Bertz CT molecular complexity index is 451. The molecule has 16 heavy (non-hydrogen) atoms. The van der Waals surface area contributed by atoms with Crippen molar-refractivity contribution in [2.24, 2.45) is 5.73 Å². The fraction of sp³-hybridized carbons (Fsp3) is 0.273. The van der Waals surface area contributed by atoms with Gasteiger partial charge < -0.3 is 15.9 Å². The molecule has 0 aliphatic carbocycles. The van der Waals surface area contributed by atoms with Crippen LogP contribution in [-0.2, 0) is 4.79 Å².